The van der Waals surface area contributed by atoms with Crippen molar-refractivity contribution in [2.45, 2.75) is 6.42 Å². The number of nitrogens with one attached hydrogen (secondary N) is 1. The number of anilines is 2. The Bertz CT molecular complexity index is 757. The van der Waals surface area contributed by atoms with Crippen molar-refractivity contribution in [3.05, 3.63) is 23.8 Å². The normalized spacial score (nSPS) is 12.1. The summed E-state index contributed by atoms with van der Waals surface area (Å²) in [4.78, 5) is 11.5. The molecule has 0 spiro atoms. The van der Waals surface area contributed by atoms with Crippen molar-refractivity contribution >= 4 is 37.8 Å². The lowest BCUT2D eigenvalue weighted by Gasteiger charge is -2.11. The predicted octanol–water partition coefficient (Wildman–Crippen LogP) is -0.543. The molecule has 0 bridgehead atoms. The minimum absolute atomic E-state index is 0.0123. The van der Waals surface area contributed by atoms with Crippen molar-refractivity contribution in [3.63, 3.8) is 0 Å². The van der Waals surface area contributed by atoms with Crippen molar-refractivity contribution < 1.29 is 34.9 Å². The van der Waals surface area contributed by atoms with Crippen molar-refractivity contribution in [3.8, 4) is 0 Å². The molecule has 0 saturated carbocycles. The summed E-state index contributed by atoms with van der Waals surface area (Å²) in [6.07, 6.45) is -0.0123. The molecule has 0 aliphatic rings. The number of carbonyl (C=O) groups is 1. The number of hydrogen-bond donors (Lipinski definition) is 4. The summed E-state index contributed by atoms with van der Waals surface area (Å²) in [5, 5.41) is 2.23. The van der Waals surface area contributed by atoms with Gasteiger partial charge in [0.25, 0.3) is 10.1 Å². The molecular formula is C10H14N2O8S2. The number of rotatable bonds is 7. The SMILES string of the molecule is Nc1ccc(CCOS(=O)(=O)O)c(NC(=O)CS(=O)(=O)O)c1. The van der Waals surface area contributed by atoms with Crippen LogP contribution in [0.25, 0.3) is 0 Å². The summed E-state index contributed by atoms with van der Waals surface area (Å²) in [7, 11) is -9.07. The monoisotopic (exact) mass is 354 g/mol. The molecule has 0 aromatic heterocycles. The van der Waals surface area contributed by atoms with Gasteiger partial charge in [-0.1, -0.05) is 6.07 Å². The Morgan fingerprint density at radius 1 is 1.23 bits per heavy atom. The van der Waals surface area contributed by atoms with Gasteiger partial charge in [-0.2, -0.15) is 16.8 Å². The average molecular weight is 354 g/mol. The Morgan fingerprint density at radius 3 is 2.41 bits per heavy atom. The zero-order valence-corrected chi connectivity index (χ0v) is 12.7. The Labute approximate surface area is 127 Å². The van der Waals surface area contributed by atoms with Gasteiger partial charge in [0.05, 0.1) is 6.61 Å². The Morgan fingerprint density at radius 2 is 1.86 bits per heavy atom. The lowest BCUT2D eigenvalue weighted by Crippen LogP contribution is -2.23. The van der Waals surface area contributed by atoms with E-state index in [0.29, 0.717) is 5.56 Å². The topological polar surface area (TPSA) is 173 Å². The minimum Gasteiger partial charge on any atom is -0.399 e. The van der Waals surface area contributed by atoms with Gasteiger partial charge in [-0.3, -0.25) is 13.9 Å². The molecule has 0 atom stereocenters. The molecule has 0 unspecified atom stereocenters. The highest BCUT2D eigenvalue weighted by atomic mass is 32.3. The van der Waals surface area contributed by atoms with E-state index in [-0.39, 0.29) is 17.8 Å². The van der Waals surface area contributed by atoms with Gasteiger partial charge in [-0.25, -0.2) is 4.18 Å². The average Bonchev–Trinajstić information content (AvgIpc) is 2.27. The van der Waals surface area contributed by atoms with Crippen LogP contribution in [0.15, 0.2) is 18.2 Å². The largest absolute Gasteiger partial charge is 0.399 e. The van der Waals surface area contributed by atoms with E-state index in [0.717, 1.165) is 0 Å². The van der Waals surface area contributed by atoms with Gasteiger partial charge in [-0.15, -0.1) is 0 Å². The maximum atomic E-state index is 11.5. The van der Waals surface area contributed by atoms with Crippen LogP contribution in [-0.4, -0.2) is 44.2 Å². The highest BCUT2D eigenvalue weighted by Crippen LogP contribution is 2.20. The van der Waals surface area contributed by atoms with E-state index in [2.05, 4.69) is 9.50 Å². The zero-order chi connectivity index (χ0) is 17.0. The molecule has 22 heavy (non-hydrogen) atoms. The quantitative estimate of drug-likeness (QED) is 0.370. The molecule has 10 nitrogen and oxygen atoms in total. The van der Waals surface area contributed by atoms with Crippen LogP contribution in [0.2, 0.25) is 0 Å². The van der Waals surface area contributed by atoms with Gasteiger partial charge in [-0.05, 0) is 24.1 Å². The highest BCUT2D eigenvalue weighted by molar-refractivity contribution is 7.86. The van der Waals surface area contributed by atoms with Gasteiger partial charge >= 0.3 is 10.4 Å². The number of hydrogen-bond acceptors (Lipinski definition) is 7. The van der Waals surface area contributed by atoms with Crippen molar-refractivity contribution in [2.24, 2.45) is 0 Å². The highest BCUT2D eigenvalue weighted by Gasteiger charge is 2.15. The van der Waals surface area contributed by atoms with Gasteiger partial charge in [0.15, 0.2) is 5.75 Å². The molecule has 0 fully saturated rings. The molecule has 0 radical (unpaired) electrons. The first-order valence-corrected chi connectivity index (χ1v) is 8.69. The zero-order valence-electron chi connectivity index (χ0n) is 11.1. The van der Waals surface area contributed by atoms with Crippen molar-refractivity contribution in [2.75, 3.05) is 23.4 Å². The second-order valence-corrected chi connectivity index (χ2v) is 6.73. The molecular weight excluding hydrogens is 340 g/mol. The van der Waals surface area contributed by atoms with E-state index in [4.69, 9.17) is 14.8 Å². The molecule has 1 aromatic carbocycles. The van der Waals surface area contributed by atoms with E-state index < -0.39 is 38.8 Å². The number of nitrogens with two attached hydrogens (primary N) is 1. The van der Waals surface area contributed by atoms with Crippen LogP contribution in [0.4, 0.5) is 11.4 Å². The van der Waals surface area contributed by atoms with E-state index in [1.165, 1.54) is 18.2 Å². The first kappa shape index (κ1) is 18.3. The Hall–Kier alpha value is -1.73. The van der Waals surface area contributed by atoms with Crippen LogP contribution in [0.3, 0.4) is 0 Å². The first-order valence-electron chi connectivity index (χ1n) is 5.71. The van der Waals surface area contributed by atoms with Crippen LogP contribution in [-0.2, 0) is 35.9 Å². The summed E-state index contributed by atoms with van der Waals surface area (Å²) in [5.74, 6) is -2.13. The van der Waals surface area contributed by atoms with Gasteiger partial charge < -0.3 is 11.1 Å². The fourth-order valence-electron chi connectivity index (χ4n) is 1.54. The minimum atomic E-state index is -4.59. The first-order chi connectivity index (χ1) is 9.96. The van der Waals surface area contributed by atoms with Crippen LogP contribution >= 0.6 is 0 Å². The molecule has 124 valence electrons. The fraction of sp³-hybridized carbons (Fsp3) is 0.300. The van der Waals surface area contributed by atoms with Gasteiger partial charge in [0.2, 0.25) is 5.91 Å². The molecule has 0 heterocycles. The summed E-state index contributed by atoms with van der Waals surface area (Å²) < 4.78 is 63.3. The molecule has 0 aliphatic carbocycles. The lowest BCUT2D eigenvalue weighted by atomic mass is 10.1. The van der Waals surface area contributed by atoms with Crippen LogP contribution in [0.5, 0.6) is 0 Å². The summed E-state index contributed by atoms with van der Waals surface area (Å²) in [6, 6.07) is 4.26. The van der Waals surface area contributed by atoms with Crippen LogP contribution < -0.4 is 11.1 Å². The van der Waals surface area contributed by atoms with Crippen molar-refractivity contribution in [1.29, 1.82) is 0 Å². The van der Waals surface area contributed by atoms with E-state index in [9.17, 15) is 21.6 Å². The third kappa shape index (κ3) is 7.33. The number of amides is 1. The summed E-state index contributed by atoms with van der Waals surface area (Å²) in [5.41, 5.74) is 6.33. The molecule has 12 heteroatoms. The third-order valence-electron chi connectivity index (χ3n) is 2.33. The Balaban J connectivity index is 2.84. The second kappa shape index (κ2) is 7.02. The fourth-order valence-corrected chi connectivity index (χ4v) is 2.23. The Kier molecular flexibility index (Phi) is 5.85. The molecule has 1 rings (SSSR count). The standard InChI is InChI=1S/C10H14N2O8S2/c11-8-2-1-7(3-4-20-22(17,18)19)9(5-8)12-10(13)6-21(14,15)16/h1-2,5H,3-4,6,11H2,(H,12,13)(H,14,15,16)(H,17,18,19). The lowest BCUT2D eigenvalue weighted by molar-refractivity contribution is -0.113. The third-order valence-corrected chi connectivity index (χ3v) is 3.42. The maximum Gasteiger partial charge on any atom is 0.397 e. The van der Waals surface area contributed by atoms with E-state index >= 15 is 0 Å². The molecule has 0 saturated heterocycles. The molecule has 5 N–H and O–H groups in total. The number of carbonyl (C=O) groups excluding carboxylic acids is 1. The molecule has 1 amide bonds. The molecule has 0 aliphatic heterocycles. The molecule has 1 aromatic rings. The number of nitrogen functional groups attached to an aromatic ring is 1. The smallest absolute Gasteiger partial charge is 0.397 e. The van der Waals surface area contributed by atoms with Crippen LogP contribution in [0, 0.1) is 0 Å². The van der Waals surface area contributed by atoms with E-state index in [1.807, 2.05) is 0 Å². The predicted molar refractivity (Wildman–Crippen MR) is 77.1 cm³/mol. The van der Waals surface area contributed by atoms with Gasteiger partial charge in [0, 0.05) is 11.4 Å². The van der Waals surface area contributed by atoms with Crippen molar-refractivity contribution in [1.82, 2.24) is 0 Å². The summed E-state index contributed by atoms with van der Waals surface area (Å²) >= 11 is 0. The van der Waals surface area contributed by atoms with Crippen LogP contribution in [0.1, 0.15) is 5.56 Å². The number of benzene rings is 1. The summed E-state index contributed by atoms with van der Waals surface area (Å²) in [6.45, 7) is -0.399. The van der Waals surface area contributed by atoms with E-state index in [1.54, 1.807) is 0 Å². The second-order valence-electron chi connectivity index (χ2n) is 4.19. The van der Waals surface area contributed by atoms with Gasteiger partial charge in [0.1, 0.15) is 0 Å². The maximum absolute atomic E-state index is 11.5.